The normalized spacial score (nSPS) is 12.2. The third-order valence-corrected chi connectivity index (χ3v) is 3.49. The lowest BCUT2D eigenvalue weighted by Gasteiger charge is -2.32. The van der Waals surface area contributed by atoms with Crippen molar-refractivity contribution < 1.29 is 0 Å². The Bertz CT molecular complexity index is 490. The molecule has 0 spiro atoms. The number of hydrogen-bond donors (Lipinski definition) is 1. The van der Waals surface area contributed by atoms with Gasteiger partial charge in [0.15, 0.2) is 0 Å². The lowest BCUT2D eigenvalue weighted by atomic mass is 10.0. The SMILES string of the molecule is CCN(c1ccccc1)C(CN)c1ccc(C)cc1. The van der Waals surface area contributed by atoms with E-state index >= 15 is 0 Å². The molecule has 0 aliphatic carbocycles. The zero-order chi connectivity index (χ0) is 13.7. The number of benzene rings is 2. The first-order valence-corrected chi connectivity index (χ1v) is 6.84. The Morgan fingerprint density at radius 3 is 2.16 bits per heavy atom. The third kappa shape index (κ3) is 3.15. The van der Waals surface area contributed by atoms with Crippen molar-refractivity contribution >= 4 is 5.69 Å². The van der Waals surface area contributed by atoms with Gasteiger partial charge in [-0.15, -0.1) is 0 Å². The van der Waals surface area contributed by atoms with Crippen LogP contribution < -0.4 is 10.6 Å². The van der Waals surface area contributed by atoms with Gasteiger partial charge in [0.1, 0.15) is 0 Å². The highest BCUT2D eigenvalue weighted by molar-refractivity contribution is 5.49. The molecule has 2 heteroatoms. The Labute approximate surface area is 115 Å². The van der Waals surface area contributed by atoms with Gasteiger partial charge in [0, 0.05) is 18.8 Å². The number of anilines is 1. The summed E-state index contributed by atoms with van der Waals surface area (Å²) in [7, 11) is 0. The maximum absolute atomic E-state index is 6.01. The molecule has 100 valence electrons. The Morgan fingerprint density at radius 2 is 1.63 bits per heavy atom. The fourth-order valence-electron chi connectivity index (χ4n) is 2.43. The van der Waals surface area contributed by atoms with Crippen molar-refractivity contribution in [2.45, 2.75) is 19.9 Å². The Balaban J connectivity index is 2.31. The third-order valence-electron chi connectivity index (χ3n) is 3.49. The van der Waals surface area contributed by atoms with E-state index in [1.807, 2.05) is 6.07 Å². The predicted molar refractivity (Wildman–Crippen MR) is 82.4 cm³/mol. The summed E-state index contributed by atoms with van der Waals surface area (Å²) < 4.78 is 0. The fraction of sp³-hybridized carbons (Fsp3) is 0.294. The summed E-state index contributed by atoms with van der Waals surface area (Å²) in [5.74, 6) is 0. The van der Waals surface area contributed by atoms with E-state index in [4.69, 9.17) is 5.73 Å². The van der Waals surface area contributed by atoms with Gasteiger partial charge in [0.05, 0.1) is 6.04 Å². The molecule has 0 saturated carbocycles. The summed E-state index contributed by atoms with van der Waals surface area (Å²) in [6, 6.07) is 19.3. The molecule has 2 aromatic carbocycles. The number of nitrogens with zero attached hydrogens (tertiary/aromatic N) is 1. The van der Waals surface area contributed by atoms with Crippen LogP contribution in [0.4, 0.5) is 5.69 Å². The summed E-state index contributed by atoms with van der Waals surface area (Å²) in [5, 5.41) is 0. The van der Waals surface area contributed by atoms with E-state index in [-0.39, 0.29) is 6.04 Å². The highest BCUT2D eigenvalue weighted by Gasteiger charge is 2.17. The van der Waals surface area contributed by atoms with Crippen LogP contribution in [0.3, 0.4) is 0 Å². The molecule has 0 bridgehead atoms. The predicted octanol–water partition coefficient (Wildman–Crippen LogP) is 3.52. The molecule has 19 heavy (non-hydrogen) atoms. The summed E-state index contributed by atoms with van der Waals surface area (Å²) in [6.45, 7) is 5.84. The first-order valence-electron chi connectivity index (χ1n) is 6.84. The Kier molecular flexibility index (Phi) is 4.58. The van der Waals surface area contributed by atoms with Crippen molar-refractivity contribution in [1.82, 2.24) is 0 Å². The van der Waals surface area contributed by atoms with E-state index < -0.39 is 0 Å². The van der Waals surface area contributed by atoms with Gasteiger partial charge in [-0.05, 0) is 31.5 Å². The fourth-order valence-corrected chi connectivity index (χ4v) is 2.43. The zero-order valence-corrected chi connectivity index (χ0v) is 11.7. The minimum Gasteiger partial charge on any atom is -0.363 e. The maximum Gasteiger partial charge on any atom is 0.0664 e. The number of likely N-dealkylation sites (N-methyl/N-ethyl adjacent to an activating group) is 1. The number of aryl methyl sites for hydroxylation is 1. The molecule has 2 nitrogen and oxygen atoms in total. The van der Waals surface area contributed by atoms with Crippen LogP contribution in [-0.4, -0.2) is 13.1 Å². The standard InChI is InChI=1S/C17H22N2/c1-3-19(16-7-5-4-6-8-16)17(13-18)15-11-9-14(2)10-12-15/h4-12,17H,3,13,18H2,1-2H3. The van der Waals surface area contributed by atoms with Gasteiger partial charge < -0.3 is 10.6 Å². The average Bonchev–Trinajstić information content (AvgIpc) is 2.47. The van der Waals surface area contributed by atoms with Crippen molar-refractivity contribution in [3.63, 3.8) is 0 Å². The molecule has 2 rings (SSSR count). The molecular weight excluding hydrogens is 232 g/mol. The second kappa shape index (κ2) is 6.39. The minimum atomic E-state index is 0.230. The number of rotatable bonds is 5. The van der Waals surface area contributed by atoms with Crippen LogP contribution in [0.25, 0.3) is 0 Å². The molecule has 1 atom stereocenters. The zero-order valence-electron chi connectivity index (χ0n) is 11.7. The molecule has 1 unspecified atom stereocenters. The second-order valence-electron chi connectivity index (χ2n) is 4.78. The summed E-state index contributed by atoms with van der Waals surface area (Å²) >= 11 is 0. The highest BCUT2D eigenvalue weighted by Crippen LogP contribution is 2.26. The van der Waals surface area contributed by atoms with Crippen LogP contribution in [0.1, 0.15) is 24.1 Å². The van der Waals surface area contributed by atoms with Crippen LogP contribution >= 0.6 is 0 Å². The van der Waals surface area contributed by atoms with E-state index in [9.17, 15) is 0 Å². The lowest BCUT2D eigenvalue weighted by molar-refractivity contribution is 0.643. The summed E-state index contributed by atoms with van der Waals surface area (Å²) in [6.07, 6.45) is 0. The van der Waals surface area contributed by atoms with Gasteiger partial charge in [-0.25, -0.2) is 0 Å². The van der Waals surface area contributed by atoms with Gasteiger partial charge in [0.2, 0.25) is 0 Å². The maximum atomic E-state index is 6.01. The Hall–Kier alpha value is -1.80. The van der Waals surface area contributed by atoms with Gasteiger partial charge >= 0.3 is 0 Å². The topological polar surface area (TPSA) is 29.3 Å². The van der Waals surface area contributed by atoms with E-state index in [1.165, 1.54) is 16.8 Å². The molecule has 0 saturated heterocycles. The van der Waals surface area contributed by atoms with Crippen molar-refractivity contribution in [3.05, 3.63) is 65.7 Å². The number of hydrogen-bond acceptors (Lipinski definition) is 2. The quantitative estimate of drug-likeness (QED) is 0.884. The second-order valence-corrected chi connectivity index (χ2v) is 4.78. The summed E-state index contributed by atoms with van der Waals surface area (Å²) in [5.41, 5.74) is 9.79. The van der Waals surface area contributed by atoms with E-state index in [1.54, 1.807) is 0 Å². The van der Waals surface area contributed by atoms with Gasteiger partial charge in [-0.1, -0.05) is 48.0 Å². The molecule has 0 amide bonds. The highest BCUT2D eigenvalue weighted by atomic mass is 15.2. The monoisotopic (exact) mass is 254 g/mol. The molecule has 0 fully saturated rings. The van der Waals surface area contributed by atoms with Crippen molar-refractivity contribution in [2.24, 2.45) is 5.73 Å². The first kappa shape index (κ1) is 13.6. The molecular formula is C17H22N2. The summed E-state index contributed by atoms with van der Waals surface area (Å²) in [4.78, 5) is 2.35. The van der Waals surface area contributed by atoms with Crippen LogP contribution in [0.15, 0.2) is 54.6 Å². The lowest BCUT2D eigenvalue weighted by Crippen LogP contribution is -2.33. The van der Waals surface area contributed by atoms with Crippen LogP contribution in [0.5, 0.6) is 0 Å². The molecule has 2 N–H and O–H groups in total. The molecule has 2 aromatic rings. The Morgan fingerprint density at radius 1 is 1.00 bits per heavy atom. The van der Waals surface area contributed by atoms with Crippen LogP contribution in [0.2, 0.25) is 0 Å². The van der Waals surface area contributed by atoms with Crippen LogP contribution in [0, 0.1) is 6.92 Å². The average molecular weight is 254 g/mol. The molecule has 0 aliphatic rings. The minimum absolute atomic E-state index is 0.230. The van der Waals surface area contributed by atoms with Gasteiger partial charge in [-0.2, -0.15) is 0 Å². The smallest absolute Gasteiger partial charge is 0.0664 e. The van der Waals surface area contributed by atoms with Gasteiger partial charge in [-0.3, -0.25) is 0 Å². The van der Waals surface area contributed by atoms with Crippen molar-refractivity contribution in [3.8, 4) is 0 Å². The first-order chi connectivity index (χ1) is 9.26. The van der Waals surface area contributed by atoms with E-state index in [0.29, 0.717) is 6.54 Å². The van der Waals surface area contributed by atoms with E-state index in [2.05, 4.69) is 67.3 Å². The molecule has 0 aliphatic heterocycles. The van der Waals surface area contributed by atoms with Crippen molar-refractivity contribution in [2.75, 3.05) is 18.0 Å². The van der Waals surface area contributed by atoms with Gasteiger partial charge in [0.25, 0.3) is 0 Å². The molecule has 0 aromatic heterocycles. The molecule has 0 radical (unpaired) electrons. The van der Waals surface area contributed by atoms with Crippen LogP contribution in [-0.2, 0) is 0 Å². The largest absolute Gasteiger partial charge is 0.363 e. The number of nitrogens with two attached hydrogens (primary N) is 1. The van der Waals surface area contributed by atoms with Crippen molar-refractivity contribution in [1.29, 1.82) is 0 Å². The molecule has 0 heterocycles. The van der Waals surface area contributed by atoms with E-state index in [0.717, 1.165) is 6.54 Å². The number of para-hydroxylation sites is 1.